The fraction of sp³-hybridized carbons (Fsp3) is 0.565. The summed E-state index contributed by atoms with van der Waals surface area (Å²) in [6.07, 6.45) is 10.3. The lowest BCUT2D eigenvalue weighted by Crippen LogP contribution is -2.32. The molecule has 2 N–H and O–H groups in total. The molecule has 2 aliphatic rings. The van der Waals surface area contributed by atoms with Gasteiger partial charge in [-0.1, -0.05) is 42.8 Å². The SMILES string of the molecule is CSc1nnc(CCCNC(=O)CCC2Cc3ccccc3NC2=O)n1C1CCCC1. The quantitative estimate of drug-likeness (QED) is 0.457. The number of nitrogens with one attached hydrogen (secondary N) is 2. The number of thioether (sulfide) groups is 1. The largest absolute Gasteiger partial charge is 0.356 e. The van der Waals surface area contributed by atoms with Crippen LogP contribution in [0.15, 0.2) is 29.4 Å². The molecular formula is C23H31N5O2S. The summed E-state index contributed by atoms with van der Waals surface area (Å²) in [5.74, 6) is 0.912. The highest BCUT2D eigenvalue weighted by molar-refractivity contribution is 7.98. The minimum atomic E-state index is -0.143. The average Bonchev–Trinajstić information content (AvgIpc) is 3.44. The number of carbonyl (C=O) groups excluding carboxylic acids is 2. The molecule has 1 unspecified atom stereocenters. The molecule has 0 spiro atoms. The van der Waals surface area contributed by atoms with E-state index in [1.54, 1.807) is 11.8 Å². The van der Waals surface area contributed by atoms with Crippen LogP contribution in [0.1, 0.15) is 62.4 Å². The zero-order valence-electron chi connectivity index (χ0n) is 18.1. The summed E-state index contributed by atoms with van der Waals surface area (Å²) in [5.41, 5.74) is 2.03. The van der Waals surface area contributed by atoms with Crippen molar-refractivity contribution in [1.29, 1.82) is 0 Å². The van der Waals surface area contributed by atoms with Crippen LogP contribution >= 0.6 is 11.8 Å². The Morgan fingerprint density at radius 2 is 2.06 bits per heavy atom. The predicted molar refractivity (Wildman–Crippen MR) is 122 cm³/mol. The Balaban J connectivity index is 1.20. The summed E-state index contributed by atoms with van der Waals surface area (Å²) in [6, 6.07) is 8.38. The molecule has 0 saturated heterocycles. The summed E-state index contributed by atoms with van der Waals surface area (Å²) in [6.45, 7) is 0.616. The number of para-hydroxylation sites is 1. The first-order valence-corrected chi connectivity index (χ1v) is 12.5. The predicted octanol–water partition coefficient (Wildman–Crippen LogP) is 3.76. The molecular weight excluding hydrogens is 410 g/mol. The van der Waals surface area contributed by atoms with Gasteiger partial charge in [0.1, 0.15) is 5.82 Å². The van der Waals surface area contributed by atoms with Gasteiger partial charge < -0.3 is 15.2 Å². The number of hydrogen-bond donors (Lipinski definition) is 2. The number of hydrogen-bond acceptors (Lipinski definition) is 5. The Hall–Kier alpha value is -2.35. The molecule has 1 aliphatic heterocycles. The van der Waals surface area contributed by atoms with E-state index in [4.69, 9.17) is 0 Å². The van der Waals surface area contributed by atoms with Gasteiger partial charge in [0.15, 0.2) is 5.16 Å². The van der Waals surface area contributed by atoms with Gasteiger partial charge in [-0.2, -0.15) is 0 Å². The van der Waals surface area contributed by atoms with E-state index in [0.29, 0.717) is 31.8 Å². The third-order valence-corrected chi connectivity index (χ3v) is 6.98. The molecule has 7 nitrogen and oxygen atoms in total. The number of amides is 2. The van der Waals surface area contributed by atoms with Gasteiger partial charge in [0, 0.05) is 37.0 Å². The van der Waals surface area contributed by atoms with Crippen molar-refractivity contribution in [2.24, 2.45) is 5.92 Å². The molecule has 1 fully saturated rings. The number of aryl methyl sites for hydroxylation is 1. The van der Waals surface area contributed by atoms with Crippen molar-refractivity contribution >= 4 is 29.3 Å². The van der Waals surface area contributed by atoms with Gasteiger partial charge in [-0.3, -0.25) is 9.59 Å². The van der Waals surface area contributed by atoms with Crippen molar-refractivity contribution in [3.8, 4) is 0 Å². The Kier molecular flexibility index (Phi) is 7.27. The van der Waals surface area contributed by atoms with Gasteiger partial charge in [-0.15, -0.1) is 10.2 Å². The Morgan fingerprint density at radius 1 is 1.26 bits per heavy atom. The molecule has 2 heterocycles. The minimum absolute atomic E-state index is 0.00808. The lowest BCUT2D eigenvalue weighted by Gasteiger charge is -2.24. The van der Waals surface area contributed by atoms with E-state index in [2.05, 4.69) is 25.4 Å². The normalized spacial score (nSPS) is 18.6. The number of anilines is 1. The van der Waals surface area contributed by atoms with E-state index in [-0.39, 0.29) is 17.7 Å². The number of aromatic nitrogens is 3. The average molecular weight is 442 g/mol. The number of fused-ring (bicyclic) bond motifs is 1. The second-order valence-electron chi connectivity index (χ2n) is 8.45. The minimum Gasteiger partial charge on any atom is -0.356 e. The van der Waals surface area contributed by atoms with E-state index >= 15 is 0 Å². The number of rotatable bonds is 9. The summed E-state index contributed by atoms with van der Waals surface area (Å²) >= 11 is 1.65. The van der Waals surface area contributed by atoms with Crippen LogP contribution in [0, 0.1) is 5.92 Å². The molecule has 2 aromatic rings. The summed E-state index contributed by atoms with van der Waals surface area (Å²) < 4.78 is 2.32. The van der Waals surface area contributed by atoms with Gasteiger partial charge >= 0.3 is 0 Å². The van der Waals surface area contributed by atoms with Crippen LogP contribution in [0.5, 0.6) is 0 Å². The fourth-order valence-electron chi connectivity index (χ4n) is 4.66. The Morgan fingerprint density at radius 3 is 2.87 bits per heavy atom. The molecule has 8 heteroatoms. The lowest BCUT2D eigenvalue weighted by atomic mass is 9.89. The van der Waals surface area contributed by atoms with Gasteiger partial charge in [-0.25, -0.2) is 0 Å². The molecule has 31 heavy (non-hydrogen) atoms. The molecule has 1 atom stereocenters. The lowest BCUT2D eigenvalue weighted by molar-refractivity contribution is -0.122. The van der Waals surface area contributed by atoms with Crippen LogP contribution < -0.4 is 10.6 Å². The molecule has 2 amide bonds. The van der Waals surface area contributed by atoms with Crippen LogP contribution in [0.2, 0.25) is 0 Å². The highest BCUT2D eigenvalue weighted by Crippen LogP contribution is 2.33. The van der Waals surface area contributed by atoms with Crippen LogP contribution in [-0.4, -0.2) is 39.4 Å². The first-order chi connectivity index (χ1) is 15.2. The zero-order valence-corrected chi connectivity index (χ0v) is 18.9. The summed E-state index contributed by atoms with van der Waals surface area (Å²) in [5, 5.41) is 15.7. The Bertz CT molecular complexity index is 922. The van der Waals surface area contributed by atoms with E-state index in [9.17, 15) is 9.59 Å². The molecule has 0 bridgehead atoms. The Labute approximate surface area is 187 Å². The number of benzene rings is 1. The van der Waals surface area contributed by atoms with Gasteiger partial charge in [-0.05, 0) is 50.0 Å². The zero-order chi connectivity index (χ0) is 21.6. The van der Waals surface area contributed by atoms with Crippen LogP contribution in [-0.2, 0) is 22.4 Å². The summed E-state index contributed by atoms with van der Waals surface area (Å²) in [4.78, 5) is 24.6. The number of carbonyl (C=O) groups is 2. The molecule has 4 rings (SSSR count). The highest BCUT2D eigenvalue weighted by Gasteiger charge is 2.26. The van der Waals surface area contributed by atoms with Crippen LogP contribution in [0.4, 0.5) is 5.69 Å². The van der Waals surface area contributed by atoms with E-state index in [1.165, 1.54) is 25.7 Å². The first kappa shape index (κ1) is 21.9. The standard InChI is InChI=1S/C23H31N5O2S/c1-31-23-27-26-20(28(23)18-8-3-4-9-18)11-6-14-24-21(29)13-12-17-15-16-7-2-5-10-19(16)25-22(17)30/h2,5,7,10,17-18H,3-4,6,8-9,11-15H2,1H3,(H,24,29)(H,25,30). The van der Waals surface area contributed by atoms with Crippen molar-refractivity contribution < 1.29 is 9.59 Å². The van der Waals surface area contributed by atoms with Gasteiger partial charge in [0.2, 0.25) is 11.8 Å². The van der Waals surface area contributed by atoms with E-state index < -0.39 is 0 Å². The van der Waals surface area contributed by atoms with Gasteiger partial charge in [0.25, 0.3) is 0 Å². The van der Waals surface area contributed by atoms with Gasteiger partial charge in [0.05, 0.1) is 0 Å². The third kappa shape index (κ3) is 5.29. The molecule has 1 saturated carbocycles. The highest BCUT2D eigenvalue weighted by atomic mass is 32.2. The molecule has 1 aliphatic carbocycles. The topological polar surface area (TPSA) is 88.9 Å². The number of nitrogens with zero attached hydrogens (tertiary/aromatic N) is 3. The van der Waals surface area contributed by atoms with E-state index in [0.717, 1.165) is 35.1 Å². The maximum Gasteiger partial charge on any atom is 0.227 e. The third-order valence-electron chi connectivity index (χ3n) is 6.34. The smallest absolute Gasteiger partial charge is 0.227 e. The maximum absolute atomic E-state index is 12.3. The summed E-state index contributed by atoms with van der Waals surface area (Å²) in [7, 11) is 0. The first-order valence-electron chi connectivity index (χ1n) is 11.3. The van der Waals surface area contributed by atoms with Crippen molar-refractivity contribution in [1.82, 2.24) is 20.1 Å². The maximum atomic E-state index is 12.3. The van der Waals surface area contributed by atoms with Crippen molar-refractivity contribution in [3.63, 3.8) is 0 Å². The van der Waals surface area contributed by atoms with E-state index in [1.807, 2.05) is 30.5 Å². The van der Waals surface area contributed by atoms with Crippen molar-refractivity contribution in [2.45, 2.75) is 69.0 Å². The molecule has 1 aromatic heterocycles. The van der Waals surface area contributed by atoms with Crippen LogP contribution in [0.25, 0.3) is 0 Å². The monoisotopic (exact) mass is 441 g/mol. The second kappa shape index (κ2) is 10.3. The van der Waals surface area contributed by atoms with Crippen molar-refractivity contribution in [2.75, 3.05) is 18.1 Å². The molecule has 1 aromatic carbocycles. The van der Waals surface area contributed by atoms with Crippen molar-refractivity contribution in [3.05, 3.63) is 35.7 Å². The van der Waals surface area contributed by atoms with Crippen LogP contribution in [0.3, 0.4) is 0 Å². The molecule has 166 valence electrons. The molecule has 0 radical (unpaired) electrons. The fourth-order valence-corrected chi connectivity index (χ4v) is 5.23. The second-order valence-corrected chi connectivity index (χ2v) is 9.22.